The van der Waals surface area contributed by atoms with Crippen molar-refractivity contribution in [3.05, 3.63) is 64.7 Å². The van der Waals surface area contributed by atoms with Crippen molar-refractivity contribution in [1.29, 1.82) is 0 Å². The molecule has 2 aromatic rings. The van der Waals surface area contributed by atoms with E-state index in [-0.39, 0.29) is 16.2 Å². The normalized spacial score (nSPS) is 14.2. The Kier molecular flexibility index (Phi) is 7.06. The van der Waals surface area contributed by atoms with Gasteiger partial charge < -0.3 is 0 Å². The number of fused-ring (bicyclic) bond motifs is 1. The molecule has 1 aliphatic heterocycles. The molecule has 1 nitrogen and oxygen atoms in total. The van der Waals surface area contributed by atoms with Gasteiger partial charge in [-0.2, -0.15) is 0 Å². The van der Waals surface area contributed by atoms with E-state index in [1.54, 1.807) is 0 Å². The maximum absolute atomic E-state index is 4.81. The molecule has 0 fully saturated rings. The minimum Gasteiger partial charge on any atom is -0.257 e. The summed E-state index contributed by atoms with van der Waals surface area (Å²) in [4.78, 5) is 4.81. The Bertz CT molecular complexity index is 876. The Balaban J connectivity index is 0.000000222. The highest BCUT2D eigenvalue weighted by Crippen LogP contribution is 2.36. The molecule has 1 heterocycles. The SMILES string of the molecule is CC(C)(C)C1=Nc2cc(C(C)(C)C)ccc2C1.CC(C)c1ccc(C(C)(C)C)cc1. The van der Waals surface area contributed by atoms with Crippen LogP contribution in [-0.2, 0) is 17.3 Å². The fourth-order valence-electron chi connectivity index (χ4n) is 3.45. The minimum atomic E-state index is 0.181. The number of benzene rings is 2. The van der Waals surface area contributed by atoms with Gasteiger partial charge in [-0.05, 0) is 45.1 Å². The third kappa shape index (κ3) is 6.30. The van der Waals surface area contributed by atoms with Crippen LogP contribution in [0.2, 0.25) is 0 Å². The lowest BCUT2D eigenvalue weighted by Gasteiger charge is -2.19. The first-order chi connectivity index (χ1) is 13.6. The molecule has 2 aromatic carbocycles. The zero-order valence-electron chi connectivity index (χ0n) is 21.3. The van der Waals surface area contributed by atoms with E-state index in [1.807, 2.05) is 0 Å². The van der Waals surface area contributed by atoms with Crippen molar-refractivity contribution in [3.8, 4) is 0 Å². The standard InChI is InChI=1S/C16H23N.C13H20/c1-15(2,3)12-8-7-11-9-14(16(4,5)6)17-13(11)10-12;1-10(2)11-6-8-12(9-7-11)13(3,4)5/h7-8,10H,9H2,1-6H3;6-10H,1-5H3. The summed E-state index contributed by atoms with van der Waals surface area (Å²) >= 11 is 0. The van der Waals surface area contributed by atoms with Crippen molar-refractivity contribution in [3.63, 3.8) is 0 Å². The van der Waals surface area contributed by atoms with Crippen molar-refractivity contribution in [2.75, 3.05) is 0 Å². The summed E-state index contributed by atoms with van der Waals surface area (Å²) in [6.07, 6.45) is 1.02. The average molecular weight is 406 g/mol. The highest BCUT2D eigenvalue weighted by Gasteiger charge is 2.26. The van der Waals surface area contributed by atoms with Crippen LogP contribution in [0, 0.1) is 5.41 Å². The zero-order chi connectivity index (χ0) is 22.9. The van der Waals surface area contributed by atoms with Gasteiger partial charge in [0, 0.05) is 17.5 Å². The van der Waals surface area contributed by atoms with Crippen LogP contribution < -0.4 is 0 Å². The third-order valence-corrected chi connectivity index (χ3v) is 5.87. The van der Waals surface area contributed by atoms with Crippen LogP contribution in [0.1, 0.15) is 104 Å². The molecule has 0 N–H and O–H groups in total. The molecule has 0 aliphatic carbocycles. The number of hydrogen-bond acceptors (Lipinski definition) is 1. The van der Waals surface area contributed by atoms with Crippen LogP contribution in [0.15, 0.2) is 47.5 Å². The molecule has 1 aliphatic rings. The molecule has 0 aromatic heterocycles. The molecular weight excluding hydrogens is 362 g/mol. The summed E-state index contributed by atoms with van der Waals surface area (Å²) < 4.78 is 0. The summed E-state index contributed by atoms with van der Waals surface area (Å²) in [5, 5.41) is 0. The predicted molar refractivity (Wildman–Crippen MR) is 135 cm³/mol. The lowest BCUT2D eigenvalue weighted by molar-refractivity contribution is 0.584. The van der Waals surface area contributed by atoms with Crippen molar-refractivity contribution in [1.82, 2.24) is 0 Å². The molecule has 164 valence electrons. The molecule has 0 amide bonds. The van der Waals surface area contributed by atoms with Crippen molar-refractivity contribution < 1.29 is 0 Å². The van der Waals surface area contributed by atoms with Gasteiger partial charge in [0.05, 0.1) is 5.69 Å². The summed E-state index contributed by atoms with van der Waals surface area (Å²) in [6, 6.07) is 15.7. The quantitative estimate of drug-likeness (QED) is 0.449. The Labute approximate surface area is 186 Å². The van der Waals surface area contributed by atoms with E-state index < -0.39 is 0 Å². The van der Waals surface area contributed by atoms with Gasteiger partial charge in [-0.1, -0.05) is 113 Å². The van der Waals surface area contributed by atoms with E-state index >= 15 is 0 Å². The molecule has 0 atom stereocenters. The smallest absolute Gasteiger partial charge is 0.0668 e. The molecule has 0 saturated carbocycles. The van der Waals surface area contributed by atoms with Gasteiger partial charge in [-0.3, -0.25) is 4.99 Å². The van der Waals surface area contributed by atoms with Gasteiger partial charge >= 0.3 is 0 Å². The minimum absolute atomic E-state index is 0.181. The first-order valence-electron chi connectivity index (χ1n) is 11.4. The second-order valence-electron chi connectivity index (χ2n) is 12.1. The molecule has 0 radical (unpaired) electrons. The number of aliphatic imine (C=N–C) groups is 1. The van der Waals surface area contributed by atoms with E-state index in [1.165, 1.54) is 33.7 Å². The van der Waals surface area contributed by atoms with Crippen molar-refractivity contribution in [2.24, 2.45) is 10.4 Å². The lowest BCUT2D eigenvalue weighted by Crippen LogP contribution is -2.19. The van der Waals surface area contributed by atoms with E-state index in [0.717, 1.165) is 6.42 Å². The van der Waals surface area contributed by atoms with Gasteiger partial charge in [-0.25, -0.2) is 0 Å². The second-order valence-corrected chi connectivity index (χ2v) is 12.1. The van der Waals surface area contributed by atoms with Crippen LogP contribution in [0.3, 0.4) is 0 Å². The maximum atomic E-state index is 4.81. The first kappa shape index (κ1) is 24.4. The maximum Gasteiger partial charge on any atom is 0.0668 e. The first-order valence-corrected chi connectivity index (χ1v) is 11.4. The molecule has 0 unspecified atom stereocenters. The molecule has 0 spiro atoms. The van der Waals surface area contributed by atoms with Crippen LogP contribution in [-0.4, -0.2) is 5.71 Å². The number of hydrogen-bond donors (Lipinski definition) is 0. The van der Waals surface area contributed by atoms with Crippen LogP contribution >= 0.6 is 0 Å². The van der Waals surface area contributed by atoms with E-state index in [4.69, 9.17) is 4.99 Å². The highest BCUT2D eigenvalue weighted by molar-refractivity contribution is 5.97. The molecule has 3 rings (SSSR count). The average Bonchev–Trinajstić information content (AvgIpc) is 3.04. The summed E-state index contributed by atoms with van der Waals surface area (Å²) in [6.45, 7) is 24.7. The van der Waals surface area contributed by atoms with E-state index in [2.05, 4.69) is 119 Å². The van der Waals surface area contributed by atoms with Crippen molar-refractivity contribution in [2.45, 2.75) is 99.3 Å². The second kappa shape index (κ2) is 8.69. The number of rotatable bonds is 1. The molecule has 0 saturated heterocycles. The van der Waals surface area contributed by atoms with E-state index in [0.29, 0.717) is 5.92 Å². The van der Waals surface area contributed by atoms with E-state index in [9.17, 15) is 0 Å². The molecule has 0 bridgehead atoms. The van der Waals surface area contributed by atoms with Gasteiger partial charge in [0.15, 0.2) is 0 Å². The van der Waals surface area contributed by atoms with Crippen LogP contribution in [0.5, 0.6) is 0 Å². The fraction of sp³-hybridized carbons (Fsp3) is 0.552. The monoisotopic (exact) mass is 405 g/mol. The number of nitrogens with zero attached hydrogens (tertiary/aromatic N) is 1. The largest absolute Gasteiger partial charge is 0.257 e. The van der Waals surface area contributed by atoms with Crippen molar-refractivity contribution >= 4 is 11.4 Å². The summed E-state index contributed by atoms with van der Waals surface area (Å²) in [5.41, 5.74) is 8.73. The van der Waals surface area contributed by atoms with Gasteiger partial charge in [0.1, 0.15) is 0 Å². The van der Waals surface area contributed by atoms with Gasteiger partial charge in [-0.15, -0.1) is 0 Å². The van der Waals surface area contributed by atoms with Crippen LogP contribution in [0.4, 0.5) is 5.69 Å². The highest BCUT2D eigenvalue weighted by atomic mass is 14.8. The van der Waals surface area contributed by atoms with Crippen LogP contribution in [0.25, 0.3) is 0 Å². The van der Waals surface area contributed by atoms with Gasteiger partial charge in [0.25, 0.3) is 0 Å². The Morgan fingerprint density at radius 1 is 0.667 bits per heavy atom. The third-order valence-electron chi connectivity index (χ3n) is 5.87. The van der Waals surface area contributed by atoms with Gasteiger partial charge in [0.2, 0.25) is 0 Å². The Hall–Kier alpha value is -1.89. The fourth-order valence-corrected chi connectivity index (χ4v) is 3.45. The lowest BCUT2D eigenvalue weighted by atomic mass is 9.85. The molecular formula is C29H43N. The summed E-state index contributed by atoms with van der Waals surface area (Å²) in [5.74, 6) is 0.633. The Morgan fingerprint density at radius 3 is 1.60 bits per heavy atom. The molecule has 1 heteroatoms. The topological polar surface area (TPSA) is 12.4 Å². The summed E-state index contributed by atoms with van der Waals surface area (Å²) in [7, 11) is 0. The Morgan fingerprint density at radius 2 is 1.17 bits per heavy atom. The molecule has 30 heavy (non-hydrogen) atoms. The zero-order valence-corrected chi connectivity index (χ0v) is 21.3. The predicted octanol–water partition coefficient (Wildman–Crippen LogP) is 8.77.